The SMILES string of the molecule is CNC(COc1ccc(C)cc1OC)(C(=O)O)C1CC1. The maximum absolute atomic E-state index is 11.6. The number of aryl methyl sites for hydroxylation is 1. The number of methoxy groups -OCH3 is 1. The van der Waals surface area contributed by atoms with Gasteiger partial charge in [-0.25, -0.2) is 0 Å². The third kappa shape index (κ3) is 2.72. The number of carbonyl (C=O) groups is 1. The van der Waals surface area contributed by atoms with Gasteiger partial charge in [-0.05, 0) is 50.4 Å². The molecule has 0 aliphatic heterocycles. The molecule has 0 heterocycles. The molecule has 1 aromatic rings. The molecule has 1 unspecified atom stereocenters. The molecule has 0 radical (unpaired) electrons. The molecule has 1 fully saturated rings. The first kappa shape index (κ1) is 14.7. The molecule has 0 saturated heterocycles. The minimum atomic E-state index is -1.02. The standard InChI is InChI=1S/C15H21NO4/c1-10-4-7-12(13(8-10)19-3)20-9-15(16-2,14(17)18)11-5-6-11/h4,7-8,11,16H,5-6,9H2,1-3H3,(H,17,18). The summed E-state index contributed by atoms with van der Waals surface area (Å²) in [6, 6.07) is 5.59. The van der Waals surface area contributed by atoms with Crippen LogP contribution in [0.5, 0.6) is 11.5 Å². The number of nitrogens with one attached hydrogen (secondary N) is 1. The van der Waals surface area contributed by atoms with Gasteiger partial charge in [-0.2, -0.15) is 0 Å². The summed E-state index contributed by atoms with van der Waals surface area (Å²) >= 11 is 0. The Labute approximate surface area is 118 Å². The van der Waals surface area contributed by atoms with Crippen molar-refractivity contribution in [2.45, 2.75) is 25.3 Å². The fourth-order valence-corrected chi connectivity index (χ4v) is 2.40. The van der Waals surface area contributed by atoms with Gasteiger partial charge in [-0.1, -0.05) is 6.07 Å². The first-order chi connectivity index (χ1) is 9.53. The van der Waals surface area contributed by atoms with Gasteiger partial charge < -0.3 is 19.9 Å². The molecule has 0 amide bonds. The maximum Gasteiger partial charge on any atom is 0.327 e. The van der Waals surface area contributed by atoms with Crippen molar-refractivity contribution in [1.82, 2.24) is 5.32 Å². The Morgan fingerprint density at radius 1 is 1.45 bits per heavy atom. The van der Waals surface area contributed by atoms with Gasteiger partial charge in [-0.3, -0.25) is 4.79 Å². The lowest BCUT2D eigenvalue weighted by Crippen LogP contribution is -2.56. The molecule has 20 heavy (non-hydrogen) atoms. The van der Waals surface area contributed by atoms with Crippen molar-refractivity contribution < 1.29 is 19.4 Å². The molecule has 1 aliphatic carbocycles. The molecule has 0 spiro atoms. The van der Waals surface area contributed by atoms with Crippen LogP contribution in [0.4, 0.5) is 0 Å². The number of hydrogen-bond acceptors (Lipinski definition) is 4. The average molecular weight is 279 g/mol. The number of carboxylic acid groups (broad SMARTS) is 1. The van der Waals surface area contributed by atoms with Gasteiger partial charge in [0.15, 0.2) is 17.0 Å². The fourth-order valence-electron chi connectivity index (χ4n) is 2.40. The van der Waals surface area contributed by atoms with E-state index in [1.165, 1.54) is 0 Å². The summed E-state index contributed by atoms with van der Waals surface area (Å²) < 4.78 is 11.0. The van der Waals surface area contributed by atoms with Gasteiger partial charge in [0.1, 0.15) is 6.61 Å². The second-order valence-corrected chi connectivity index (χ2v) is 5.24. The van der Waals surface area contributed by atoms with Crippen LogP contribution in [0.2, 0.25) is 0 Å². The average Bonchev–Trinajstić information content (AvgIpc) is 3.25. The normalized spacial score (nSPS) is 17.4. The second kappa shape index (κ2) is 5.71. The minimum Gasteiger partial charge on any atom is -0.493 e. The lowest BCUT2D eigenvalue weighted by molar-refractivity contribution is -0.147. The van der Waals surface area contributed by atoms with Crippen LogP contribution in [-0.2, 0) is 4.79 Å². The summed E-state index contributed by atoms with van der Waals surface area (Å²) in [5.74, 6) is 0.450. The van der Waals surface area contributed by atoms with Crippen LogP contribution >= 0.6 is 0 Å². The molecule has 1 aliphatic rings. The molecule has 1 saturated carbocycles. The molecule has 5 nitrogen and oxygen atoms in total. The lowest BCUT2D eigenvalue weighted by Gasteiger charge is -2.29. The molecule has 1 atom stereocenters. The van der Waals surface area contributed by atoms with E-state index in [1.807, 2.05) is 25.1 Å². The summed E-state index contributed by atoms with van der Waals surface area (Å²) in [7, 11) is 3.24. The molecule has 2 N–H and O–H groups in total. The topological polar surface area (TPSA) is 67.8 Å². The molecule has 0 aromatic heterocycles. The van der Waals surface area contributed by atoms with Gasteiger partial charge in [0.05, 0.1) is 7.11 Å². The third-order valence-corrected chi connectivity index (χ3v) is 3.88. The van der Waals surface area contributed by atoms with Crippen LogP contribution in [0.1, 0.15) is 18.4 Å². The summed E-state index contributed by atoms with van der Waals surface area (Å²) in [5, 5.41) is 12.4. The molecule has 1 aromatic carbocycles. The largest absolute Gasteiger partial charge is 0.493 e. The Morgan fingerprint density at radius 2 is 2.15 bits per heavy atom. The van der Waals surface area contributed by atoms with E-state index in [9.17, 15) is 9.90 Å². The van der Waals surface area contributed by atoms with Crippen LogP contribution in [0.25, 0.3) is 0 Å². The molecular formula is C15H21NO4. The smallest absolute Gasteiger partial charge is 0.327 e. The summed E-state index contributed by atoms with van der Waals surface area (Å²) in [5.41, 5.74) is 0.0464. The highest BCUT2D eigenvalue weighted by Crippen LogP contribution is 2.40. The Kier molecular flexibility index (Phi) is 4.18. The predicted octanol–water partition coefficient (Wildman–Crippen LogP) is 1.84. The molecule has 0 bridgehead atoms. The summed E-state index contributed by atoms with van der Waals surface area (Å²) in [6.45, 7) is 2.05. The Balaban J connectivity index is 2.15. The van der Waals surface area contributed by atoms with Crippen LogP contribution in [0.3, 0.4) is 0 Å². The number of hydrogen-bond donors (Lipinski definition) is 2. The highest BCUT2D eigenvalue weighted by Gasteiger charge is 2.51. The predicted molar refractivity (Wildman–Crippen MR) is 75.4 cm³/mol. The van der Waals surface area contributed by atoms with E-state index in [1.54, 1.807) is 14.2 Å². The Hall–Kier alpha value is -1.75. The van der Waals surface area contributed by atoms with Gasteiger partial charge in [0.2, 0.25) is 0 Å². The first-order valence-electron chi connectivity index (χ1n) is 6.73. The van der Waals surface area contributed by atoms with Crippen LogP contribution in [0, 0.1) is 12.8 Å². The highest BCUT2D eigenvalue weighted by atomic mass is 16.5. The van der Waals surface area contributed by atoms with Gasteiger partial charge >= 0.3 is 5.97 Å². The number of likely N-dealkylation sites (N-methyl/N-ethyl adjacent to an activating group) is 1. The third-order valence-electron chi connectivity index (χ3n) is 3.88. The first-order valence-corrected chi connectivity index (χ1v) is 6.73. The molecule has 110 valence electrons. The number of benzene rings is 1. The molecule has 5 heteroatoms. The minimum absolute atomic E-state index is 0.0862. The van der Waals surface area contributed by atoms with E-state index >= 15 is 0 Å². The zero-order valence-corrected chi connectivity index (χ0v) is 12.1. The highest BCUT2D eigenvalue weighted by molar-refractivity contribution is 5.80. The number of rotatable bonds is 7. The number of ether oxygens (including phenoxy) is 2. The summed E-state index contributed by atoms with van der Waals surface area (Å²) in [4.78, 5) is 11.6. The van der Waals surface area contributed by atoms with Crippen molar-refractivity contribution >= 4 is 5.97 Å². The van der Waals surface area contributed by atoms with Crippen molar-refractivity contribution in [3.05, 3.63) is 23.8 Å². The van der Waals surface area contributed by atoms with Crippen LogP contribution < -0.4 is 14.8 Å². The van der Waals surface area contributed by atoms with Crippen molar-refractivity contribution in [1.29, 1.82) is 0 Å². The number of aliphatic carboxylic acids is 1. The van der Waals surface area contributed by atoms with Crippen molar-refractivity contribution in [2.24, 2.45) is 5.92 Å². The van der Waals surface area contributed by atoms with E-state index in [0.717, 1.165) is 18.4 Å². The van der Waals surface area contributed by atoms with Crippen molar-refractivity contribution in [3.63, 3.8) is 0 Å². The van der Waals surface area contributed by atoms with E-state index in [-0.39, 0.29) is 12.5 Å². The number of carboxylic acids is 1. The monoisotopic (exact) mass is 279 g/mol. The van der Waals surface area contributed by atoms with Crippen LogP contribution in [-0.4, -0.2) is 37.4 Å². The van der Waals surface area contributed by atoms with Crippen LogP contribution in [0.15, 0.2) is 18.2 Å². The molecule has 2 rings (SSSR count). The quantitative estimate of drug-likeness (QED) is 0.797. The Morgan fingerprint density at radius 3 is 2.65 bits per heavy atom. The van der Waals surface area contributed by atoms with Crippen molar-refractivity contribution in [2.75, 3.05) is 20.8 Å². The fraction of sp³-hybridized carbons (Fsp3) is 0.533. The van der Waals surface area contributed by atoms with Gasteiger partial charge in [0, 0.05) is 0 Å². The zero-order chi connectivity index (χ0) is 14.8. The molecular weight excluding hydrogens is 258 g/mol. The van der Waals surface area contributed by atoms with E-state index in [2.05, 4.69) is 5.32 Å². The zero-order valence-electron chi connectivity index (χ0n) is 12.1. The van der Waals surface area contributed by atoms with Gasteiger partial charge in [-0.15, -0.1) is 0 Å². The van der Waals surface area contributed by atoms with Gasteiger partial charge in [0.25, 0.3) is 0 Å². The second-order valence-electron chi connectivity index (χ2n) is 5.24. The maximum atomic E-state index is 11.6. The Bertz CT molecular complexity index is 499. The van der Waals surface area contributed by atoms with E-state index in [0.29, 0.717) is 11.5 Å². The summed E-state index contributed by atoms with van der Waals surface area (Å²) in [6.07, 6.45) is 1.84. The van der Waals surface area contributed by atoms with E-state index < -0.39 is 11.5 Å². The lowest BCUT2D eigenvalue weighted by atomic mass is 9.94. The van der Waals surface area contributed by atoms with Crippen molar-refractivity contribution in [3.8, 4) is 11.5 Å². The van der Waals surface area contributed by atoms with E-state index in [4.69, 9.17) is 9.47 Å².